The monoisotopic (exact) mass is 751 g/mol. The van der Waals surface area contributed by atoms with Gasteiger partial charge in [-0.25, -0.2) is 4.79 Å². The number of ether oxygens (including phenoxy) is 3. The molecule has 0 amide bonds. The maximum absolute atomic E-state index is 12.7. The number of hydrogen-bond donors (Lipinski definition) is 1. The highest BCUT2D eigenvalue weighted by atomic mass is 16.6. The Labute approximate surface area is 328 Å². The van der Waals surface area contributed by atoms with E-state index in [0.29, 0.717) is 19.3 Å². The van der Waals surface area contributed by atoms with Crippen molar-refractivity contribution in [3.63, 3.8) is 0 Å². The number of quaternary nitrogens is 1. The predicted molar refractivity (Wildman–Crippen MR) is 224 cm³/mol. The normalized spacial score (nSPS) is 14.2. The zero-order valence-corrected chi connectivity index (χ0v) is 34.1. The topological polar surface area (TPSA) is 99.1 Å². The van der Waals surface area contributed by atoms with Crippen LogP contribution in [0.4, 0.5) is 0 Å². The number of allylic oxidation sites excluding steroid dienone is 18. The van der Waals surface area contributed by atoms with Crippen molar-refractivity contribution in [1.29, 1.82) is 0 Å². The van der Waals surface area contributed by atoms with E-state index < -0.39 is 18.1 Å². The zero-order chi connectivity index (χ0) is 40.0. The van der Waals surface area contributed by atoms with Crippen LogP contribution in [0.1, 0.15) is 110 Å². The Bertz CT molecular complexity index is 1240. The van der Waals surface area contributed by atoms with Gasteiger partial charge in [0.2, 0.25) is 0 Å². The van der Waals surface area contributed by atoms with Crippen LogP contribution in [0.15, 0.2) is 109 Å². The van der Waals surface area contributed by atoms with Crippen LogP contribution in [-0.4, -0.2) is 80.6 Å². The summed E-state index contributed by atoms with van der Waals surface area (Å²) < 4.78 is 17.1. The molecule has 2 atom stereocenters. The minimum absolute atomic E-state index is 0.0274. The second kappa shape index (κ2) is 36.0. The van der Waals surface area contributed by atoms with Gasteiger partial charge in [-0.2, -0.15) is 0 Å². The summed E-state index contributed by atoms with van der Waals surface area (Å²) >= 11 is 0. The first-order valence-corrected chi connectivity index (χ1v) is 20.0. The number of rotatable bonds is 33. The van der Waals surface area contributed by atoms with Crippen molar-refractivity contribution < 1.29 is 38.2 Å². The van der Waals surface area contributed by atoms with Crippen LogP contribution in [-0.2, 0) is 28.6 Å². The number of carbonyl (C=O) groups is 3. The molecule has 8 heteroatoms. The molecule has 0 aromatic heterocycles. The second-order valence-corrected chi connectivity index (χ2v) is 14.0. The fourth-order valence-corrected chi connectivity index (χ4v) is 5.06. The van der Waals surface area contributed by atoms with Crippen LogP contribution in [0.3, 0.4) is 0 Å². The zero-order valence-electron chi connectivity index (χ0n) is 34.1. The predicted octanol–water partition coefficient (Wildman–Crippen LogP) is 10.5. The number of aliphatic carboxylic acids is 1. The molecule has 0 aromatic carbocycles. The highest BCUT2D eigenvalue weighted by molar-refractivity contribution is 5.72. The molecular formula is C46H72NO7+. The van der Waals surface area contributed by atoms with E-state index >= 15 is 0 Å². The lowest BCUT2D eigenvalue weighted by molar-refractivity contribution is -0.887. The Morgan fingerprint density at radius 2 is 0.981 bits per heavy atom. The summed E-state index contributed by atoms with van der Waals surface area (Å²) in [7, 11) is 5.48. The summed E-state index contributed by atoms with van der Waals surface area (Å²) in [6, 6.07) is -0.633. The van der Waals surface area contributed by atoms with E-state index in [2.05, 4.69) is 50.3 Å². The summed E-state index contributed by atoms with van der Waals surface area (Å²) in [5, 5.41) is 9.60. The summed E-state index contributed by atoms with van der Waals surface area (Å²) in [5.74, 6) is -1.57. The summed E-state index contributed by atoms with van der Waals surface area (Å²) in [4.78, 5) is 36.9. The Balaban J connectivity index is 4.57. The first-order valence-electron chi connectivity index (χ1n) is 20.0. The number of likely N-dealkylation sites (N-methyl/N-ethyl adjacent to an activating group) is 1. The van der Waals surface area contributed by atoms with E-state index in [-0.39, 0.29) is 42.7 Å². The van der Waals surface area contributed by atoms with E-state index in [0.717, 1.165) is 70.6 Å². The molecule has 8 nitrogen and oxygen atoms in total. The Morgan fingerprint density at radius 3 is 1.46 bits per heavy atom. The largest absolute Gasteiger partial charge is 0.477 e. The van der Waals surface area contributed by atoms with Crippen molar-refractivity contribution >= 4 is 17.9 Å². The number of carboxylic acid groups (broad SMARTS) is 1. The lowest BCUT2D eigenvalue weighted by Gasteiger charge is -2.31. The van der Waals surface area contributed by atoms with Gasteiger partial charge in [0.15, 0.2) is 12.1 Å². The molecular weight excluding hydrogens is 679 g/mol. The lowest BCUT2D eigenvalue weighted by Crippen LogP contribution is -2.50. The minimum Gasteiger partial charge on any atom is -0.477 e. The van der Waals surface area contributed by atoms with Crippen LogP contribution in [0.25, 0.3) is 0 Å². The number of esters is 2. The molecule has 302 valence electrons. The summed E-state index contributed by atoms with van der Waals surface area (Å²) in [6.07, 6.45) is 48.4. The van der Waals surface area contributed by atoms with Gasteiger partial charge in [0, 0.05) is 19.3 Å². The average Bonchev–Trinajstić information content (AvgIpc) is 3.12. The van der Waals surface area contributed by atoms with Gasteiger partial charge in [0.25, 0.3) is 0 Å². The van der Waals surface area contributed by atoms with E-state index in [9.17, 15) is 19.5 Å². The van der Waals surface area contributed by atoms with Gasteiger partial charge in [-0.3, -0.25) is 9.59 Å². The van der Waals surface area contributed by atoms with Crippen molar-refractivity contribution in [2.45, 2.75) is 122 Å². The van der Waals surface area contributed by atoms with E-state index in [1.54, 1.807) is 0 Å². The molecule has 0 spiro atoms. The first kappa shape index (κ1) is 50.0. The first-order chi connectivity index (χ1) is 26.1. The number of nitrogens with zero attached hydrogens (tertiary/aromatic N) is 1. The standard InChI is InChI=1S/C46H71NO7/c1-6-8-10-12-14-16-18-20-21-22-23-25-27-29-31-33-35-37-45(49)54-42(40-52-39-38-43(46(50)51)47(3,4)5)41-53-44(48)36-34-32-30-28-26-24-19-17-15-13-11-9-7-2/h8-23,25,27,42-43H,6-7,24,26,28-41H2,1-5H3/p+1/b10-8+,11-9+,14-12+,15-13+,18-16+,19-17+,21-20+,23-22+,27-25+. The van der Waals surface area contributed by atoms with Gasteiger partial charge in [-0.05, 0) is 51.4 Å². The molecule has 0 aliphatic heterocycles. The average molecular weight is 751 g/mol. The SMILES string of the molecule is CC/C=C/C=C/C=C/C=C/C=C/C=C/CCCCCC(=O)OC(COCCC(C(=O)O)[N+](C)(C)C)COC(=O)CCCCCCC/C=C/C=C/C=C/CC. The van der Waals surface area contributed by atoms with E-state index in [1.165, 1.54) is 0 Å². The fourth-order valence-electron chi connectivity index (χ4n) is 5.06. The molecule has 0 aliphatic carbocycles. The van der Waals surface area contributed by atoms with Crippen LogP contribution < -0.4 is 0 Å². The van der Waals surface area contributed by atoms with Crippen LogP contribution in [0, 0.1) is 0 Å². The molecule has 0 radical (unpaired) electrons. The van der Waals surface area contributed by atoms with E-state index in [1.807, 2.05) is 94.1 Å². The van der Waals surface area contributed by atoms with Crippen LogP contribution >= 0.6 is 0 Å². The molecule has 0 bridgehead atoms. The molecule has 0 rings (SSSR count). The highest BCUT2D eigenvalue weighted by Gasteiger charge is 2.31. The van der Waals surface area contributed by atoms with Crippen molar-refractivity contribution in [3.05, 3.63) is 109 Å². The second-order valence-electron chi connectivity index (χ2n) is 14.0. The number of carbonyl (C=O) groups excluding carboxylic acids is 2. The maximum Gasteiger partial charge on any atom is 0.362 e. The van der Waals surface area contributed by atoms with Gasteiger partial charge < -0.3 is 23.8 Å². The quantitative estimate of drug-likeness (QED) is 0.0309. The molecule has 1 N–H and O–H groups in total. The number of unbranched alkanes of at least 4 members (excludes halogenated alkanes) is 8. The van der Waals surface area contributed by atoms with Gasteiger partial charge in [-0.15, -0.1) is 0 Å². The molecule has 0 aliphatic rings. The van der Waals surface area contributed by atoms with Gasteiger partial charge in [-0.1, -0.05) is 149 Å². The number of hydrogen-bond acceptors (Lipinski definition) is 6. The Morgan fingerprint density at radius 1 is 0.556 bits per heavy atom. The molecule has 0 aromatic rings. The lowest BCUT2D eigenvalue weighted by atomic mass is 10.1. The van der Waals surface area contributed by atoms with Crippen molar-refractivity contribution in [1.82, 2.24) is 0 Å². The van der Waals surface area contributed by atoms with E-state index in [4.69, 9.17) is 14.2 Å². The summed E-state index contributed by atoms with van der Waals surface area (Å²) in [6.45, 7) is 4.34. The molecule has 0 heterocycles. The third kappa shape index (κ3) is 33.8. The van der Waals surface area contributed by atoms with Crippen LogP contribution in [0.5, 0.6) is 0 Å². The Kier molecular flexibility index (Phi) is 33.3. The van der Waals surface area contributed by atoms with Gasteiger partial charge in [0.1, 0.15) is 6.61 Å². The number of carboxylic acids is 1. The summed E-state index contributed by atoms with van der Waals surface area (Å²) in [5.41, 5.74) is 0. The van der Waals surface area contributed by atoms with Crippen molar-refractivity contribution in [3.8, 4) is 0 Å². The smallest absolute Gasteiger partial charge is 0.362 e. The highest BCUT2D eigenvalue weighted by Crippen LogP contribution is 2.12. The van der Waals surface area contributed by atoms with Crippen molar-refractivity contribution in [2.24, 2.45) is 0 Å². The van der Waals surface area contributed by atoms with Crippen molar-refractivity contribution in [2.75, 3.05) is 41.0 Å². The molecule has 2 unspecified atom stereocenters. The molecule has 0 fully saturated rings. The maximum atomic E-state index is 12.7. The molecule has 54 heavy (non-hydrogen) atoms. The Hall–Kier alpha value is -4.01. The van der Waals surface area contributed by atoms with Crippen LogP contribution in [0.2, 0.25) is 0 Å². The molecule has 0 saturated carbocycles. The third-order valence-corrected chi connectivity index (χ3v) is 8.14. The van der Waals surface area contributed by atoms with Gasteiger partial charge in [0.05, 0.1) is 34.4 Å². The van der Waals surface area contributed by atoms with Gasteiger partial charge >= 0.3 is 17.9 Å². The third-order valence-electron chi connectivity index (χ3n) is 8.14. The molecule has 0 saturated heterocycles. The minimum atomic E-state index is -0.893. The fraction of sp³-hybridized carbons (Fsp3) is 0.543.